The maximum atomic E-state index is 6.97. The maximum Gasteiger partial charge on any atom is 0.136 e. The lowest BCUT2D eigenvalue weighted by molar-refractivity contribution is 0.669. The Kier molecular flexibility index (Phi) is 7.30. The van der Waals surface area contributed by atoms with Crippen molar-refractivity contribution in [3.05, 3.63) is 109 Å². The summed E-state index contributed by atoms with van der Waals surface area (Å²) in [6, 6.07) is 36.6. The van der Waals surface area contributed by atoms with Crippen LogP contribution in [0.4, 0.5) is 0 Å². The normalized spacial score (nSPS) is 11.8. The Hall–Kier alpha value is -5.14. The van der Waals surface area contributed by atoms with Crippen molar-refractivity contribution in [2.75, 3.05) is 0 Å². The Morgan fingerprint density at radius 1 is 0.314 bits per heavy atom. The van der Waals surface area contributed by atoms with E-state index in [2.05, 4.69) is 42.5 Å². The molecule has 9 heteroatoms. The minimum Gasteiger partial charge on any atom is -0.456 e. The van der Waals surface area contributed by atoms with Gasteiger partial charge in [-0.15, -0.1) is 21.9 Å². The minimum atomic E-state index is 0.163. The summed E-state index contributed by atoms with van der Waals surface area (Å²) in [7, 11) is 54.2. The van der Waals surface area contributed by atoms with Crippen LogP contribution in [-0.4, -0.2) is 62.8 Å². The molecule has 0 N–H and O–H groups in total. The summed E-state index contributed by atoms with van der Waals surface area (Å²) in [4.78, 5) is 0. The summed E-state index contributed by atoms with van der Waals surface area (Å²) in [5.74, 6) is 0. The first kappa shape index (κ1) is 31.8. The second kappa shape index (κ2) is 11.7. The molecule has 216 valence electrons. The first-order chi connectivity index (χ1) is 24.6. The number of hydrogen-bond acceptors (Lipinski definition) is 1. The third-order valence-corrected chi connectivity index (χ3v) is 10.2. The molecule has 1 heterocycles. The van der Waals surface area contributed by atoms with Crippen LogP contribution in [0.2, 0.25) is 0 Å². The van der Waals surface area contributed by atoms with Crippen LogP contribution in [0.1, 0.15) is 0 Å². The van der Waals surface area contributed by atoms with Crippen molar-refractivity contribution in [3.8, 4) is 33.4 Å². The first-order valence-corrected chi connectivity index (χ1v) is 16.4. The van der Waals surface area contributed by atoms with Crippen LogP contribution in [0.5, 0.6) is 0 Å². The average molecular weight is 625 g/mol. The molecule has 1 nitrogen and oxygen atoms in total. The zero-order chi connectivity index (χ0) is 35.3. The van der Waals surface area contributed by atoms with Crippen molar-refractivity contribution < 1.29 is 4.42 Å². The SMILES string of the molecule is [B]c1c([B])c([B])c2c(-c3ccc4c(c3)oc3ccccc34)c3c([B])c([B])c([B])c([B])c3c(-c3cccc(-c4ccc5ccccc5c4)c3)c2c1[B]. The molecule has 9 rings (SSSR count). The number of hydrogen-bond donors (Lipinski definition) is 0. The second-order valence-electron chi connectivity index (χ2n) is 13.0. The standard InChI is InChI=1S/C42H18B8O/c43-35-31-29(23-9-5-8-21(17-23)22-13-12-19-6-1-2-7-20(19)16-22)32-34(38(46)42(50)40(48)36(32)44)30(33(31)37(45)41(49)39(35)47)24-14-15-26-25-10-3-4-11-27(25)51-28(26)18-24/h1-18H. The number of furan rings is 1. The summed E-state index contributed by atoms with van der Waals surface area (Å²) >= 11 is 0. The summed E-state index contributed by atoms with van der Waals surface area (Å²) in [6.07, 6.45) is 0. The molecule has 0 unspecified atom stereocenters. The van der Waals surface area contributed by atoms with E-state index in [9.17, 15) is 0 Å². The summed E-state index contributed by atoms with van der Waals surface area (Å²) in [6.45, 7) is 0. The van der Waals surface area contributed by atoms with Crippen LogP contribution in [0.15, 0.2) is 114 Å². The minimum absolute atomic E-state index is 0.163. The molecular formula is C42H18B8O. The highest BCUT2D eigenvalue weighted by Gasteiger charge is 2.25. The lowest BCUT2D eigenvalue weighted by Crippen LogP contribution is -2.50. The zero-order valence-electron chi connectivity index (χ0n) is 27.4. The summed E-state index contributed by atoms with van der Waals surface area (Å²) in [5.41, 5.74) is 7.93. The summed E-state index contributed by atoms with van der Waals surface area (Å²) in [5, 5.41) is 6.48. The highest BCUT2D eigenvalue weighted by molar-refractivity contribution is 6.71. The average Bonchev–Trinajstić information content (AvgIpc) is 3.54. The Bertz CT molecular complexity index is 2880. The first-order valence-electron chi connectivity index (χ1n) is 16.4. The topological polar surface area (TPSA) is 13.1 Å². The second-order valence-corrected chi connectivity index (χ2v) is 13.0. The fourth-order valence-corrected chi connectivity index (χ4v) is 7.63. The Morgan fingerprint density at radius 3 is 1.41 bits per heavy atom. The molecule has 0 amide bonds. The van der Waals surface area contributed by atoms with Gasteiger partial charge in [-0.05, 0) is 96.0 Å². The van der Waals surface area contributed by atoms with Crippen LogP contribution in [0.25, 0.3) is 87.6 Å². The van der Waals surface area contributed by atoms with Crippen molar-refractivity contribution in [1.82, 2.24) is 0 Å². The van der Waals surface area contributed by atoms with Crippen molar-refractivity contribution in [1.29, 1.82) is 0 Å². The van der Waals surface area contributed by atoms with Gasteiger partial charge in [0.05, 0.1) is 0 Å². The van der Waals surface area contributed by atoms with Gasteiger partial charge in [0.15, 0.2) is 0 Å². The number of rotatable bonds is 3. The predicted octanol–water partition coefficient (Wildman–Crippen LogP) is 2.40. The molecular weight excluding hydrogens is 607 g/mol. The van der Waals surface area contributed by atoms with E-state index in [0.717, 1.165) is 49.4 Å². The number of benzene rings is 8. The van der Waals surface area contributed by atoms with Crippen molar-refractivity contribution in [2.24, 2.45) is 0 Å². The van der Waals surface area contributed by atoms with E-state index in [0.29, 0.717) is 38.3 Å². The molecule has 9 aromatic rings. The van der Waals surface area contributed by atoms with Crippen molar-refractivity contribution in [2.45, 2.75) is 0 Å². The van der Waals surface area contributed by atoms with Gasteiger partial charge < -0.3 is 4.42 Å². The number of para-hydroxylation sites is 1. The molecule has 1 aromatic heterocycles. The molecule has 16 radical (unpaired) electrons. The lowest BCUT2D eigenvalue weighted by atomic mass is 9.59. The quantitative estimate of drug-likeness (QED) is 0.218. The monoisotopic (exact) mass is 626 g/mol. The van der Waals surface area contributed by atoms with Gasteiger partial charge in [-0.25, -0.2) is 0 Å². The smallest absolute Gasteiger partial charge is 0.136 e. The van der Waals surface area contributed by atoms with Gasteiger partial charge in [0.25, 0.3) is 0 Å². The van der Waals surface area contributed by atoms with Gasteiger partial charge in [-0.2, -0.15) is 0 Å². The Labute approximate surface area is 306 Å². The van der Waals surface area contributed by atoms with E-state index in [1.54, 1.807) is 0 Å². The molecule has 51 heavy (non-hydrogen) atoms. The van der Waals surface area contributed by atoms with Gasteiger partial charge in [-0.3, -0.25) is 0 Å². The molecule has 0 bridgehead atoms. The molecule has 0 saturated carbocycles. The van der Waals surface area contributed by atoms with Gasteiger partial charge in [-0.1, -0.05) is 101 Å². The third-order valence-electron chi connectivity index (χ3n) is 10.2. The fourth-order valence-electron chi connectivity index (χ4n) is 7.63. The Balaban J connectivity index is 1.45. The molecule has 0 fully saturated rings. The third kappa shape index (κ3) is 4.67. The molecule has 0 atom stereocenters. The van der Waals surface area contributed by atoms with Crippen LogP contribution in [0.3, 0.4) is 0 Å². The Morgan fingerprint density at radius 2 is 0.784 bits per heavy atom. The van der Waals surface area contributed by atoms with E-state index in [1.807, 2.05) is 66.7 Å². The van der Waals surface area contributed by atoms with E-state index < -0.39 is 0 Å². The molecule has 8 aromatic carbocycles. The number of fused-ring (bicyclic) bond motifs is 6. The molecule has 0 saturated heterocycles. The predicted molar refractivity (Wildman–Crippen MR) is 226 cm³/mol. The molecule has 0 aliphatic rings. The van der Waals surface area contributed by atoms with Gasteiger partial charge in [0.2, 0.25) is 0 Å². The van der Waals surface area contributed by atoms with Gasteiger partial charge in [0.1, 0.15) is 73.9 Å². The lowest BCUT2D eigenvalue weighted by Gasteiger charge is -2.28. The van der Waals surface area contributed by atoms with Crippen molar-refractivity contribution in [3.63, 3.8) is 0 Å². The zero-order valence-corrected chi connectivity index (χ0v) is 27.4. The highest BCUT2D eigenvalue weighted by Crippen LogP contribution is 2.43. The largest absolute Gasteiger partial charge is 0.456 e. The van der Waals surface area contributed by atoms with E-state index >= 15 is 0 Å². The van der Waals surface area contributed by atoms with Crippen LogP contribution in [-0.2, 0) is 0 Å². The molecule has 0 spiro atoms. The maximum absolute atomic E-state index is 6.97. The van der Waals surface area contributed by atoms with Crippen molar-refractivity contribution >= 4 is 161 Å². The fraction of sp³-hybridized carbons (Fsp3) is 0. The van der Waals surface area contributed by atoms with Gasteiger partial charge >= 0.3 is 0 Å². The van der Waals surface area contributed by atoms with Crippen LogP contribution >= 0.6 is 0 Å². The van der Waals surface area contributed by atoms with Crippen LogP contribution in [0, 0.1) is 0 Å². The van der Waals surface area contributed by atoms with E-state index in [-0.39, 0.29) is 43.7 Å². The van der Waals surface area contributed by atoms with E-state index in [4.69, 9.17) is 67.2 Å². The van der Waals surface area contributed by atoms with Crippen LogP contribution < -0.4 is 43.7 Å². The molecule has 0 aliphatic carbocycles. The summed E-state index contributed by atoms with van der Waals surface area (Å²) < 4.78 is 6.31. The molecule has 0 aliphatic heterocycles. The van der Waals surface area contributed by atoms with Gasteiger partial charge in [0, 0.05) is 10.8 Å². The highest BCUT2D eigenvalue weighted by atomic mass is 16.3. The van der Waals surface area contributed by atoms with E-state index in [1.165, 1.54) is 0 Å².